The molecule has 2 aromatic carbocycles. The van der Waals surface area contributed by atoms with Crippen LogP contribution in [0.1, 0.15) is 0 Å². The highest BCUT2D eigenvalue weighted by molar-refractivity contribution is 9.10. The molecule has 7 heteroatoms. The smallest absolute Gasteiger partial charge is 0.264 e. The van der Waals surface area contributed by atoms with E-state index in [1.54, 1.807) is 18.2 Å². The standard InChI is InChI=1S/C14H13BrFNO3S/c1-17(14-8-3-10(15)9-13(14)16)21(18,19)12-6-4-11(20-2)5-7-12/h3-9H,1-2H3. The van der Waals surface area contributed by atoms with E-state index in [1.807, 2.05) is 0 Å². The Kier molecular flexibility index (Phi) is 4.53. The van der Waals surface area contributed by atoms with Crippen LogP contribution in [0.3, 0.4) is 0 Å². The van der Waals surface area contributed by atoms with Gasteiger partial charge in [-0.25, -0.2) is 12.8 Å². The number of sulfonamides is 1. The maximum atomic E-state index is 13.9. The Hall–Kier alpha value is -1.60. The maximum Gasteiger partial charge on any atom is 0.264 e. The predicted molar refractivity (Wildman–Crippen MR) is 82.7 cm³/mol. The fourth-order valence-corrected chi connectivity index (χ4v) is 3.31. The summed E-state index contributed by atoms with van der Waals surface area (Å²) >= 11 is 3.13. The third-order valence-electron chi connectivity index (χ3n) is 2.97. The fourth-order valence-electron chi connectivity index (χ4n) is 1.77. The van der Waals surface area contributed by atoms with Crippen LogP contribution in [0.25, 0.3) is 0 Å². The number of anilines is 1. The van der Waals surface area contributed by atoms with Gasteiger partial charge in [-0.05, 0) is 42.5 Å². The van der Waals surface area contributed by atoms with Crippen molar-refractivity contribution in [3.8, 4) is 5.75 Å². The summed E-state index contributed by atoms with van der Waals surface area (Å²) in [6, 6.07) is 10.1. The molecule has 112 valence electrons. The van der Waals surface area contributed by atoms with Crippen LogP contribution in [-0.2, 0) is 10.0 Å². The first-order valence-corrected chi connectivity index (χ1v) is 8.17. The monoisotopic (exact) mass is 373 g/mol. The van der Waals surface area contributed by atoms with Crippen LogP contribution in [0.2, 0.25) is 0 Å². The normalized spacial score (nSPS) is 11.2. The lowest BCUT2D eigenvalue weighted by molar-refractivity contribution is 0.414. The molecule has 4 nitrogen and oxygen atoms in total. The Bertz CT molecular complexity index is 747. The van der Waals surface area contributed by atoms with Gasteiger partial charge in [0.2, 0.25) is 0 Å². The summed E-state index contributed by atoms with van der Waals surface area (Å²) < 4.78 is 45.3. The average Bonchev–Trinajstić information content (AvgIpc) is 2.46. The molecule has 0 unspecified atom stereocenters. The zero-order valence-electron chi connectivity index (χ0n) is 11.4. The van der Waals surface area contributed by atoms with Crippen molar-refractivity contribution in [3.63, 3.8) is 0 Å². The average molecular weight is 374 g/mol. The molecule has 2 aromatic rings. The second kappa shape index (κ2) is 6.03. The lowest BCUT2D eigenvalue weighted by atomic mass is 10.3. The molecule has 0 saturated carbocycles. The van der Waals surface area contributed by atoms with Crippen molar-refractivity contribution >= 4 is 31.6 Å². The van der Waals surface area contributed by atoms with Crippen LogP contribution in [0.5, 0.6) is 5.75 Å². The zero-order valence-corrected chi connectivity index (χ0v) is 13.8. The number of halogens is 2. The van der Waals surface area contributed by atoms with Crippen molar-refractivity contribution in [2.45, 2.75) is 4.90 Å². The van der Waals surface area contributed by atoms with Crippen molar-refractivity contribution < 1.29 is 17.5 Å². The van der Waals surface area contributed by atoms with Crippen LogP contribution < -0.4 is 9.04 Å². The van der Waals surface area contributed by atoms with Crippen molar-refractivity contribution in [1.82, 2.24) is 0 Å². The highest BCUT2D eigenvalue weighted by Crippen LogP contribution is 2.27. The molecule has 0 radical (unpaired) electrons. The molecular formula is C14H13BrFNO3S. The summed E-state index contributed by atoms with van der Waals surface area (Å²) in [6.07, 6.45) is 0. The first-order valence-electron chi connectivity index (χ1n) is 5.94. The van der Waals surface area contributed by atoms with E-state index in [2.05, 4.69) is 15.9 Å². The summed E-state index contributed by atoms with van der Waals surface area (Å²) in [5, 5.41) is 0. The van der Waals surface area contributed by atoms with Crippen LogP contribution in [0.15, 0.2) is 51.8 Å². The number of methoxy groups -OCH3 is 1. The van der Waals surface area contributed by atoms with E-state index >= 15 is 0 Å². The third-order valence-corrected chi connectivity index (χ3v) is 5.25. The molecule has 0 saturated heterocycles. The van der Waals surface area contributed by atoms with Gasteiger partial charge in [-0.15, -0.1) is 0 Å². The second-order valence-corrected chi connectivity index (χ2v) is 7.13. The minimum atomic E-state index is -3.83. The van der Waals surface area contributed by atoms with Crippen molar-refractivity contribution in [1.29, 1.82) is 0 Å². The molecule has 2 rings (SSSR count). The van der Waals surface area contributed by atoms with Gasteiger partial charge in [-0.1, -0.05) is 15.9 Å². The third kappa shape index (κ3) is 3.19. The topological polar surface area (TPSA) is 46.6 Å². The lowest BCUT2D eigenvalue weighted by Gasteiger charge is -2.20. The molecule has 0 heterocycles. The molecule has 0 aliphatic carbocycles. The van der Waals surface area contributed by atoms with Crippen LogP contribution in [0.4, 0.5) is 10.1 Å². The van der Waals surface area contributed by atoms with E-state index in [0.29, 0.717) is 10.2 Å². The predicted octanol–water partition coefficient (Wildman–Crippen LogP) is 3.42. The molecule has 0 aliphatic rings. The summed E-state index contributed by atoms with van der Waals surface area (Å²) in [5.74, 6) is -0.0737. The molecular weight excluding hydrogens is 361 g/mol. The van der Waals surface area contributed by atoms with Crippen LogP contribution in [0, 0.1) is 5.82 Å². The van der Waals surface area contributed by atoms with Crippen molar-refractivity contribution in [2.24, 2.45) is 0 Å². The molecule has 0 atom stereocenters. The zero-order chi connectivity index (χ0) is 15.6. The number of hydrogen-bond donors (Lipinski definition) is 0. The van der Waals surface area contributed by atoms with Crippen molar-refractivity contribution in [3.05, 3.63) is 52.8 Å². The van der Waals surface area contributed by atoms with Gasteiger partial charge in [0.25, 0.3) is 10.0 Å². The number of ether oxygens (including phenoxy) is 1. The number of rotatable bonds is 4. The number of nitrogens with zero attached hydrogens (tertiary/aromatic N) is 1. The van der Waals surface area contributed by atoms with Crippen LogP contribution >= 0.6 is 15.9 Å². The van der Waals surface area contributed by atoms with E-state index < -0.39 is 15.8 Å². The molecule has 0 amide bonds. The van der Waals surface area contributed by atoms with Gasteiger partial charge in [0, 0.05) is 11.5 Å². The highest BCUT2D eigenvalue weighted by atomic mass is 79.9. The Labute approximate surface area is 131 Å². The van der Waals surface area contributed by atoms with Gasteiger partial charge in [-0.3, -0.25) is 4.31 Å². The van der Waals surface area contributed by atoms with Gasteiger partial charge in [-0.2, -0.15) is 0 Å². The number of hydrogen-bond acceptors (Lipinski definition) is 3. The number of benzene rings is 2. The van der Waals surface area contributed by atoms with E-state index in [1.165, 1.54) is 38.4 Å². The van der Waals surface area contributed by atoms with Gasteiger partial charge in [0.1, 0.15) is 11.6 Å². The SMILES string of the molecule is COc1ccc(S(=O)(=O)N(C)c2ccc(Br)cc2F)cc1. The quantitative estimate of drug-likeness (QED) is 0.824. The fraction of sp³-hybridized carbons (Fsp3) is 0.143. The Morgan fingerprint density at radius 1 is 1.14 bits per heavy atom. The van der Waals surface area contributed by atoms with Gasteiger partial charge in [0.05, 0.1) is 17.7 Å². The van der Waals surface area contributed by atoms with Gasteiger partial charge < -0.3 is 4.74 Å². The molecule has 0 N–H and O–H groups in total. The molecule has 0 bridgehead atoms. The first kappa shape index (κ1) is 15.8. The first-order chi connectivity index (χ1) is 9.86. The van der Waals surface area contributed by atoms with E-state index in [0.717, 1.165) is 4.31 Å². The van der Waals surface area contributed by atoms with E-state index in [9.17, 15) is 12.8 Å². The lowest BCUT2D eigenvalue weighted by Crippen LogP contribution is -2.27. The minimum Gasteiger partial charge on any atom is -0.497 e. The molecule has 0 aromatic heterocycles. The van der Waals surface area contributed by atoms with Gasteiger partial charge >= 0.3 is 0 Å². The maximum absolute atomic E-state index is 13.9. The molecule has 0 aliphatic heterocycles. The summed E-state index contributed by atoms with van der Waals surface area (Å²) in [6.45, 7) is 0. The minimum absolute atomic E-state index is 0.0194. The summed E-state index contributed by atoms with van der Waals surface area (Å²) in [4.78, 5) is 0.0631. The Balaban J connectivity index is 2.42. The second-order valence-electron chi connectivity index (χ2n) is 4.24. The van der Waals surface area contributed by atoms with Crippen molar-refractivity contribution in [2.75, 3.05) is 18.5 Å². The van der Waals surface area contributed by atoms with E-state index in [4.69, 9.17) is 4.74 Å². The Morgan fingerprint density at radius 2 is 1.76 bits per heavy atom. The molecule has 0 spiro atoms. The van der Waals surface area contributed by atoms with Crippen LogP contribution in [-0.4, -0.2) is 22.6 Å². The summed E-state index contributed by atoms with van der Waals surface area (Å²) in [7, 11) is -1.03. The summed E-state index contributed by atoms with van der Waals surface area (Å²) in [5.41, 5.74) is -0.0194. The largest absolute Gasteiger partial charge is 0.497 e. The molecule has 21 heavy (non-hydrogen) atoms. The van der Waals surface area contributed by atoms with Gasteiger partial charge in [0.15, 0.2) is 0 Å². The highest BCUT2D eigenvalue weighted by Gasteiger charge is 2.23. The van der Waals surface area contributed by atoms with E-state index in [-0.39, 0.29) is 10.6 Å². The Morgan fingerprint density at radius 3 is 2.29 bits per heavy atom. The molecule has 0 fully saturated rings.